The van der Waals surface area contributed by atoms with Crippen molar-refractivity contribution in [2.45, 2.75) is 0 Å². The van der Waals surface area contributed by atoms with Crippen LogP contribution in [0.4, 0.5) is 0 Å². The standard InChI is InChI=1S/3C44H27BO2/c1-3-13-28(14-4-1)41-32-17-7-8-18-33(32)42(29-15-5-2-6-16-29)35-27-30(23-24-34(35)41)31-25-26-40-43-44(31)47-39-22-12-10-20-37(39)45(43)36-19-9-11-21-38(36)46-40;1-3-13-28(14-4-1)41-32-17-7-8-18-33(32)42(29-15-5-2-6-16-29)35-27-30(25-26-34(35)41)31-19-11-21-37-44(31)47-40-24-12-23-39-43(40)45(37)36-20-9-10-22-38(36)46-39;1-3-12-28(13-4-1)42-32-16-7-8-17-33(32)43(29-14-5-2-6-15-29)35-26-30(22-24-34(35)42)31-23-25-39-37(27-31)45-36-18-9-10-19-38(36)46-40-20-11-21-41(47-39)44(40)45/h3*1-27H. The third-order valence-electron chi connectivity index (χ3n) is 29.4. The maximum absolute atomic E-state index is 6.84. The number of hydrogen-bond acceptors (Lipinski definition) is 6. The van der Waals surface area contributed by atoms with E-state index in [1.165, 1.54) is 137 Å². The van der Waals surface area contributed by atoms with Gasteiger partial charge in [0.05, 0.1) is 0 Å². The highest BCUT2D eigenvalue weighted by Gasteiger charge is 2.45. The van der Waals surface area contributed by atoms with Crippen molar-refractivity contribution in [2.24, 2.45) is 0 Å². The third-order valence-corrected chi connectivity index (χ3v) is 29.4. The number of para-hydroxylation sites is 5. The number of hydrogen-bond donors (Lipinski definition) is 0. The molecule has 141 heavy (non-hydrogen) atoms. The molecule has 30 rings (SSSR count). The summed E-state index contributed by atoms with van der Waals surface area (Å²) in [6.07, 6.45) is 0. The van der Waals surface area contributed by atoms with Gasteiger partial charge in [-0.25, -0.2) is 0 Å². The lowest BCUT2D eigenvalue weighted by Gasteiger charge is -2.34. The van der Waals surface area contributed by atoms with Crippen LogP contribution in [0.5, 0.6) is 69.0 Å². The quantitative estimate of drug-likeness (QED) is 0.106. The van der Waals surface area contributed by atoms with E-state index in [9.17, 15) is 0 Å². The van der Waals surface area contributed by atoms with Crippen LogP contribution in [-0.2, 0) is 0 Å². The second kappa shape index (κ2) is 33.4. The van der Waals surface area contributed by atoms with E-state index in [4.69, 9.17) is 28.4 Å². The summed E-state index contributed by atoms with van der Waals surface area (Å²) in [6, 6.07) is 175. The van der Waals surface area contributed by atoms with Crippen molar-refractivity contribution in [3.63, 3.8) is 0 Å². The van der Waals surface area contributed by atoms with E-state index in [-0.39, 0.29) is 20.1 Å². The molecule has 0 saturated carbocycles. The summed E-state index contributed by atoms with van der Waals surface area (Å²) < 4.78 is 39.4. The van der Waals surface area contributed by atoms with Crippen LogP contribution in [-0.4, -0.2) is 20.1 Å². The van der Waals surface area contributed by atoms with Gasteiger partial charge in [-0.05, 0) is 271 Å². The van der Waals surface area contributed by atoms with E-state index in [0.717, 1.165) is 146 Å². The molecule has 0 N–H and O–H groups in total. The summed E-state index contributed by atoms with van der Waals surface area (Å²) in [5, 5.41) is 14.9. The fraction of sp³-hybridized carbons (Fsp3) is 0. The highest BCUT2D eigenvalue weighted by molar-refractivity contribution is 6.99. The Morgan fingerprint density at radius 3 is 0.738 bits per heavy atom. The van der Waals surface area contributed by atoms with Gasteiger partial charge in [-0.3, -0.25) is 0 Å². The second-order valence-corrected chi connectivity index (χ2v) is 37.1. The highest BCUT2D eigenvalue weighted by Crippen LogP contribution is 2.53. The third kappa shape index (κ3) is 13.4. The van der Waals surface area contributed by atoms with Gasteiger partial charge in [0.1, 0.15) is 69.0 Å². The van der Waals surface area contributed by atoms with Crippen molar-refractivity contribution in [2.75, 3.05) is 0 Å². The van der Waals surface area contributed by atoms with Gasteiger partial charge >= 0.3 is 0 Å². The Hall–Kier alpha value is -18.2. The smallest absolute Gasteiger partial charge is 0.260 e. The minimum Gasteiger partial charge on any atom is -0.458 e. The largest absolute Gasteiger partial charge is 0.458 e. The summed E-state index contributed by atoms with van der Waals surface area (Å²) in [6.45, 7) is 0.0939. The normalized spacial score (nSPS) is 12.6. The minimum absolute atomic E-state index is 0.0313. The molecule has 654 valence electrons. The molecule has 6 heterocycles. The van der Waals surface area contributed by atoms with Crippen LogP contribution in [0.2, 0.25) is 0 Å². The molecule has 0 radical (unpaired) electrons. The highest BCUT2D eigenvalue weighted by atomic mass is 16.5. The fourth-order valence-corrected chi connectivity index (χ4v) is 23.3. The second-order valence-electron chi connectivity index (χ2n) is 37.1. The zero-order chi connectivity index (χ0) is 92.7. The van der Waals surface area contributed by atoms with Crippen LogP contribution in [0.25, 0.3) is 165 Å². The lowest BCUT2D eigenvalue weighted by Crippen LogP contribution is -2.57. The van der Waals surface area contributed by atoms with Gasteiger partial charge in [0, 0.05) is 27.5 Å². The molecule has 6 nitrogen and oxygen atoms in total. The van der Waals surface area contributed by atoms with Gasteiger partial charge in [0.25, 0.3) is 20.1 Å². The van der Waals surface area contributed by atoms with E-state index in [2.05, 4.69) is 443 Å². The molecule has 0 unspecified atom stereocenters. The van der Waals surface area contributed by atoms with Gasteiger partial charge < -0.3 is 28.4 Å². The minimum atomic E-state index is 0.0313. The molecule has 0 aliphatic carbocycles. The van der Waals surface area contributed by atoms with Crippen LogP contribution in [0.15, 0.2) is 491 Å². The average molecular weight is 1800 g/mol. The lowest BCUT2D eigenvalue weighted by atomic mass is 9.34. The first-order chi connectivity index (χ1) is 70.0. The number of benzene rings is 24. The molecule has 0 atom stereocenters. The van der Waals surface area contributed by atoms with Gasteiger partial charge in [0.2, 0.25) is 0 Å². The van der Waals surface area contributed by atoms with E-state index in [1.807, 2.05) is 48.5 Å². The fourth-order valence-electron chi connectivity index (χ4n) is 23.3. The Balaban J connectivity index is 0.000000104. The van der Waals surface area contributed by atoms with Gasteiger partial charge in [0.15, 0.2) is 0 Å². The van der Waals surface area contributed by atoms with Crippen molar-refractivity contribution < 1.29 is 28.4 Å². The summed E-state index contributed by atoms with van der Waals surface area (Å²) in [4.78, 5) is 0. The predicted octanol–water partition coefficient (Wildman–Crippen LogP) is 29.2. The van der Waals surface area contributed by atoms with E-state index < -0.39 is 0 Å². The molecule has 0 bridgehead atoms. The van der Waals surface area contributed by atoms with Crippen LogP contribution in [0.3, 0.4) is 0 Å². The molecule has 24 aromatic rings. The summed E-state index contributed by atoms with van der Waals surface area (Å²) >= 11 is 0. The van der Waals surface area contributed by atoms with Crippen LogP contribution >= 0.6 is 0 Å². The lowest BCUT2D eigenvalue weighted by molar-refractivity contribution is 0.464. The van der Waals surface area contributed by atoms with E-state index in [0.29, 0.717) is 0 Å². The van der Waals surface area contributed by atoms with Crippen molar-refractivity contribution >= 4 is 134 Å². The maximum atomic E-state index is 6.84. The monoisotopic (exact) mass is 1790 g/mol. The van der Waals surface area contributed by atoms with Gasteiger partial charge in [-0.2, -0.15) is 0 Å². The Morgan fingerprint density at radius 1 is 0.121 bits per heavy atom. The Labute approximate surface area is 817 Å². The maximum Gasteiger partial charge on any atom is 0.260 e. The van der Waals surface area contributed by atoms with Crippen molar-refractivity contribution in [3.05, 3.63) is 491 Å². The van der Waals surface area contributed by atoms with Crippen LogP contribution in [0, 0.1) is 0 Å². The zero-order valence-electron chi connectivity index (χ0n) is 76.4. The molecule has 0 spiro atoms. The predicted molar refractivity (Wildman–Crippen MR) is 586 cm³/mol. The molecule has 0 amide bonds. The molecule has 24 aromatic carbocycles. The molecule has 9 heteroatoms. The Bertz CT molecular complexity index is 9110. The first-order valence-electron chi connectivity index (χ1n) is 48.4. The average Bonchev–Trinajstić information content (AvgIpc) is 0.737. The Kier molecular flexibility index (Phi) is 19.2. The zero-order valence-corrected chi connectivity index (χ0v) is 76.4. The molecular weight excluding hydrogens is 1710 g/mol. The summed E-state index contributed by atoms with van der Waals surface area (Å²) in [7, 11) is 0. The number of ether oxygens (including phenoxy) is 6. The van der Waals surface area contributed by atoms with Crippen molar-refractivity contribution in [3.8, 4) is 169 Å². The molecule has 0 aromatic heterocycles. The first kappa shape index (κ1) is 81.2. The van der Waals surface area contributed by atoms with Gasteiger partial charge in [-0.15, -0.1) is 0 Å². The molecular formula is C132H81B3O6. The summed E-state index contributed by atoms with van der Waals surface area (Å²) in [5.41, 5.74) is 31.8. The van der Waals surface area contributed by atoms with Crippen molar-refractivity contribution in [1.29, 1.82) is 0 Å². The number of rotatable bonds is 9. The van der Waals surface area contributed by atoms with Crippen molar-refractivity contribution in [1.82, 2.24) is 0 Å². The van der Waals surface area contributed by atoms with E-state index in [1.54, 1.807) is 0 Å². The van der Waals surface area contributed by atoms with Crippen LogP contribution in [0.1, 0.15) is 0 Å². The molecule has 6 aliphatic heterocycles. The number of fused-ring (bicyclic) bond motifs is 18. The molecule has 0 saturated heterocycles. The van der Waals surface area contributed by atoms with Crippen LogP contribution < -0.4 is 77.6 Å². The molecule has 6 aliphatic rings. The Morgan fingerprint density at radius 2 is 0.355 bits per heavy atom. The SMILES string of the molecule is c1ccc(-c2c3ccccc3c(-c3ccccc3)c3cc(-c4ccc5c(c4)B4c6ccccc6Oc6cccc(c64)O5)ccc23)cc1.c1ccc(-c2c3ccccc3c(-c3ccccc3)c3cc(-c4ccc5c6c4Oc4ccccc4B6c4ccccc4O5)ccc23)cc1.c1ccc(-c2c3ccccc3c(-c3ccccc3)c3cc(-c4cccc5c4Oc4cccc6c4B5c4ccccc4O6)ccc23)cc1. The summed E-state index contributed by atoms with van der Waals surface area (Å²) in [5.74, 6) is 10.6. The van der Waals surface area contributed by atoms with E-state index >= 15 is 0 Å². The topological polar surface area (TPSA) is 55.4 Å². The van der Waals surface area contributed by atoms with Gasteiger partial charge in [-0.1, -0.05) is 406 Å². The first-order valence-corrected chi connectivity index (χ1v) is 48.4. The molecule has 0 fully saturated rings.